The number of hydrogen-bond acceptors (Lipinski definition) is 7. The fraction of sp³-hybridized carbons (Fsp3) is 0.303. The lowest BCUT2D eigenvalue weighted by Crippen LogP contribution is -2.49. The molecule has 5 heterocycles. The van der Waals surface area contributed by atoms with Gasteiger partial charge in [0.05, 0.1) is 16.3 Å². The van der Waals surface area contributed by atoms with E-state index in [0.29, 0.717) is 57.1 Å². The summed E-state index contributed by atoms with van der Waals surface area (Å²) in [6, 6.07) is 20.9. The monoisotopic (exact) mass is 628 g/mol. The van der Waals surface area contributed by atoms with E-state index in [-0.39, 0.29) is 33.9 Å². The van der Waals surface area contributed by atoms with Crippen LogP contribution in [0.4, 0.5) is 21.6 Å². The van der Waals surface area contributed by atoms with E-state index < -0.39 is 15.8 Å². The number of benzene rings is 2. The minimum Gasteiger partial charge on any atom is -0.369 e. The molecular formula is C33H33FN6O4S. The summed E-state index contributed by atoms with van der Waals surface area (Å²) in [6.45, 7) is 4.08. The second kappa shape index (κ2) is 11.7. The van der Waals surface area contributed by atoms with Crippen molar-refractivity contribution in [1.82, 2.24) is 14.5 Å². The molecule has 4 aromatic rings. The van der Waals surface area contributed by atoms with Crippen LogP contribution in [0.15, 0.2) is 94.7 Å². The Morgan fingerprint density at radius 3 is 2.42 bits per heavy atom. The number of anilines is 3. The van der Waals surface area contributed by atoms with Gasteiger partial charge in [-0.05, 0) is 73.0 Å². The number of amides is 1. The van der Waals surface area contributed by atoms with Crippen molar-refractivity contribution in [2.45, 2.75) is 23.8 Å². The van der Waals surface area contributed by atoms with Crippen LogP contribution in [0.25, 0.3) is 0 Å². The average Bonchev–Trinajstić information content (AvgIpc) is 3.05. The molecule has 0 unspecified atom stereocenters. The van der Waals surface area contributed by atoms with Gasteiger partial charge in [0.15, 0.2) is 0 Å². The number of pyridine rings is 2. The molecule has 3 aliphatic rings. The third-order valence-electron chi connectivity index (χ3n) is 8.97. The van der Waals surface area contributed by atoms with Crippen molar-refractivity contribution in [3.8, 4) is 0 Å². The van der Waals surface area contributed by atoms with Crippen molar-refractivity contribution in [3.05, 3.63) is 112 Å². The number of aromatic nitrogens is 2. The maximum Gasteiger partial charge on any atom is 0.261 e. The first-order chi connectivity index (χ1) is 21.7. The van der Waals surface area contributed by atoms with Crippen LogP contribution in [0.5, 0.6) is 0 Å². The zero-order chi connectivity index (χ0) is 31.1. The minimum absolute atomic E-state index is 0.00729. The van der Waals surface area contributed by atoms with Gasteiger partial charge in [-0.15, -0.1) is 0 Å². The lowest BCUT2D eigenvalue weighted by molar-refractivity contribution is 0.0746. The number of sulfonamides is 1. The van der Waals surface area contributed by atoms with Crippen LogP contribution in [0.3, 0.4) is 0 Å². The molecule has 3 aliphatic heterocycles. The highest BCUT2D eigenvalue weighted by Crippen LogP contribution is 2.40. The van der Waals surface area contributed by atoms with Crippen LogP contribution >= 0.6 is 0 Å². The quantitative estimate of drug-likeness (QED) is 0.347. The Morgan fingerprint density at radius 2 is 1.67 bits per heavy atom. The molecule has 0 radical (unpaired) electrons. The second-order valence-corrected chi connectivity index (χ2v) is 13.5. The maximum absolute atomic E-state index is 13.7. The van der Waals surface area contributed by atoms with E-state index in [1.165, 1.54) is 12.1 Å². The Labute approximate surface area is 260 Å². The molecule has 2 saturated heterocycles. The number of hydrogen-bond donors (Lipinski definition) is 1. The van der Waals surface area contributed by atoms with Crippen LogP contribution in [0, 0.1) is 11.7 Å². The summed E-state index contributed by atoms with van der Waals surface area (Å²) in [5.74, 6) is 0.447. The topological polar surface area (TPSA) is 108 Å². The van der Waals surface area contributed by atoms with Crippen LogP contribution < -0.4 is 20.1 Å². The standard InChI is InChI=1S/C33H33FN6O4S/c34-26-8-10-27(11-9-26)45(43,44)36-28-19-24(33(42)38-16-14-37(15-17-38)31-5-1-2-13-35-31)7-12-30(28)39-20-23-18-25(22-39)29-4-3-6-32(41)40(29)21-23/h1-13,19,23,25,36H,14-18,20-22H2/t23-,25+/m1/s1. The zero-order valence-corrected chi connectivity index (χ0v) is 25.4. The van der Waals surface area contributed by atoms with E-state index in [2.05, 4.69) is 19.5 Å². The molecule has 2 aromatic carbocycles. The fourth-order valence-electron chi connectivity index (χ4n) is 6.80. The Kier molecular flexibility index (Phi) is 7.52. The Balaban J connectivity index is 1.18. The lowest BCUT2D eigenvalue weighted by atomic mass is 9.83. The summed E-state index contributed by atoms with van der Waals surface area (Å²) in [5.41, 5.74) is 2.28. The SMILES string of the molecule is O=C(c1ccc(N2C[C@H]3C[C@@H](C2)c2cccc(=O)n2C3)c(NS(=O)(=O)c2ccc(F)cc2)c1)N1CCN(c2ccccn2)CC1. The Bertz CT molecular complexity index is 1890. The number of piperazine rings is 1. The van der Waals surface area contributed by atoms with Gasteiger partial charge in [0.2, 0.25) is 0 Å². The zero-order valence-electron chi connectivity index (χ0n) is 24.5. The first-order valence-electron chi connectivity index (χ1n) is 15.1. The first kappa shape index (κ1) is 29.0. The van der Waals surface area contributed by atoms with Crippen molar-refractivity contribution in [3.63, 3.8) is 0 Å². The summed E-state index contributed by atoms with van der Waals surface area (Å²) in [5, 5.41) is 0. The molecular weight excluding hydrogens is 595 g/mol. The molecule has 2 aromatic heterocycles. The minimum atomic E-state index is -4.10. The van der Waals surface area contributed by atoms with Crippen molar-refractivity contribution < 1.29 is 17.6 Å². The number of fused-ring (bicyclic) bond motifs is 4. The summed E-state index contributed by atoms with van der Waals surface area (Å²) in [4.78, 5) is 36.6. The molecule has 0 aliphatic carbocycles. The van der Waals surface area contributed by atoms with E-state index in [9.17, 15) is 22.4 Å². The van der Waals surface area contributed by atoms with Crippen molar-refractivity contribution in [2.24, 2.45) is 5.92 Å². The number of nitrogens with one attached hydrogen (secondary N) is 1. The molecule has 2 atom stereocenters. The van der Waals surface area contributed by atoms with Gasteiger partial charge in [-0.2, -0.15) is 0 Å². The van der Waals surface area contributed by atoms with Gasteiger partial charge in [0.25, 0.3) is 21.5 Å². The van der Waals surface area contributed by atoms with E-state index in [1.807, 2.05) is 28.8 Å². The molecule has 10 nitrogen and oxygen atoms in total. The van der Waals surface area contributed by atoms with Crippen LogP contribution in [0.2, 0.25) is 0 Å². The van der Waals surface area contributed by atoms with E-state index in [1.54, 1.807) is 41.4 Å². The van der Waals surface area contributed by atoms with E-state index in [0.717, 1.165) is 30.1 Å². The van der Waals surface area contributed by atoms with Crippen molar-refractivity contribution in [1.29, 1.82) is 0 Å². The molecule has 0 spiro atoms. The summed E-state index contributed by atoms with van der Waals surface area (Å²) in [6.07, 6.45) is 2.69. The van der Waals surface area contributed by atoms with Gasteiger partial charge < -0.3 is 19.3 Å². The molecule has 2 bridgehead atoms. The van der Waals surface area contributed by atoms with Gasteiger partial charge in [-0.3, -0.25) is 14.3 Å². The highest BCUT2D eigenvalue weighted by molar-refractivity contribution is 7.92. The summed E-state index contributed by atoms with van der Waals surface area (Å²) < 4.78 is 45.2. The molecule has 7 rings (SSSR count). The van der Waals surface area contributed by atoms with Gasteiger partial charge >= 0.3 is 0 Å². The largest absolute Gasteiger partial charge is 0.369 e. The summed E-state index contributed by atoms with van der Waals surface area (Å²) >= 11 is 0. The number of carbonyl (C=O) groups excluding carboxylic acids is 1. The van der Waals surface area contributed by atoms with Crippen molar-refractivity contribution >= 4 is 33.1 Å². The van der Waals surface area contributed by atoms with Crippen LogP contribution in [-0.2, 0) is 16.6 Å². The molecule has 232 valence electrons. The number of piperidine rings is 1. The van der Waals surface area contributed by atoms with E-state index >= 15 is 0 Å². The van der Waals surface area contributed by atoms with E-state index in [4.69, 9.17) is 0 Å². The first-order valence-corrected chi connectivity index (χ1v) is 16.6. The second-order valence-electron chi connectivity index (χ2n) is 11.9. The summed E-state index contributed by atoms with van der Waals surface area (Å²) in [7, 11) is -4.10. The number of carbonyl (C=O) groups is 1. The highest BCUT2D eigenvalue weighted by atomic mass is 32.2. The predicted molar refractivity (Wildman–Crippen MR) is 170 cm³/mol. The van der Waals surface area contributed by atoms with Crippen LogP contribution in [0.1, 0.15) is 28.4 Å². The Hall–Kier alpha value is -4.71. The van der Waals surface area contributed by atoms with Gasteiger partial charge in [0, 0.05) is 75.3 Å². The molecule has 2 fully saturated rings. The number of rotatable bonds is 6. The highest BCUT2D eigenvalue weighted by Gasteiger charge is 2.36. The third-order valence-corrected chi connectivity index (χ3v) is 10.4. The van der Waals surface area contributed by atoms with Gasteiger partial charge in [-0.25, -0.2) is 17.8 Å². The van der Waals surface area contributed by atoms with Crippen molar-refractivity contribution in [2.75, 3.05) is 53.8 Å². The normalized spacial score (nSPS) is 19.6. The third kappa shape index (κ3) is 5.77. The van der Waals surface area contributed by atoms with Gasteiger partial charge in [0.1, 0.15) is 11.6 Å². The lowest BCUT2D eigenvalue weighted by Gasteiger charge is -2.44. The average molecular weight is 629 g/mol. The van der Waals surface area contributed by atoms with Gasteiger partial charge in [-0.1, -0.05) is 12.1 Å². The molecule has 12 heteroatoms. The molecule has 1 N–H and O–H groups in total. The molecule has 45 heavy (non-hydrogen) atoms. The smallest absolute Gasteiger partial charge is 0.261 e. The molecule has 0 saturated carbocycles. The molecule has 1 amide bonds. The number of halogens is 1. The maximum atomic E-state index is 13.7. The van der Waals surface area contributed by atoms with Crippen LogP contribution in [-0.4, -0.2) is 68.0 Å². The predicted octanol–water partition coefficient (Wildman–Crippen LogP) is 3.77. The number of nitrogens with zero attached hydrogens (tertiary/aromatic N) is 5. The fourth-order valence-corrected chi connectivity index (χ4v) is 7.86. The Morgan fingerprint density at radius 1 is 0.867 bits per heavy atom.